The van der Waals surface area contributed by atoms with Gasteiger partial charge < -0.3 is 19.1 Å². The highest BCUT2D eigenvalue weighted by Crippen LogP contribution is 2.34. The summed E-state index contributed by atoms with van der Waals surface area (Å²) in [5, 5.41) is 3.80. The number of hydrogen-bond acceptors (Lipinski definition) is 5. The van der Waals surface area contributed by atoms with Gasteiger partial charge in [-0.25, -0.2) is 4.98 Å². The first kappa shape index (κ1) is 19.7. The molecule has 0 saturated heterocycles. The molecule has 4 aromatic rings. The van der Waals surface area contributed by atoms with Crippen LogP contribution < -0.4 is 5.32 Å². The first-order chi connectivity index (χ1) is 14.0. The number of rotatable bonds is 6. The predicted molar refractivity (Wildman–Crippen MR) is 114 cm³/mol. The van der Waals surface area contributed by atoms with Crippen molar-refractivity contribution in [3.63, 3.8) is 0 Å². The van der Waals surface area contributed by atoms with E-state index < -0.39 is 5.25 Å². The summed E-state index contributed by atoms with van der Waals surface area (Å²) in [4.78, 5) is 20.4. The van der Waals surface area contributed by atoms with E-state index in [0.717, 1.165) is 0 Å². The highest BCUT2D eigenvalue weighted by Gasteiger charge is 2.22. The van der Waals surface area contributed by atoms with Crippen molar-refractivity contribution >= 4 is 46.6 Å². The molecule has 3 heterocycles. The molecule has 0 radical (unpaired) electrons. The van der Waals surface area contributed by atoms with Crippen molar-refractivity contribution in [2.45, 2.75) is 17.3 Å². The number of imidazole rings is 1. The molecule has 0 aliphatic heterocycles. The molecule has 29 heavy (non-hydrogen) atoms. The number of carbonyl (C=O) groups is 1. The molecule has 6 nitrogen and oxygen atoms in total. The molecule has 1 unspecified atom stereocenters. The fourth-order valence-corrected chi connectivity index (χ4v) is 3.79. The van der Waals surface area contributed by atoms with Gasteiger partial charge in [0.2, 0.25) is 5.91 Å². The number of benzene rings is 1. The van der Waals surface area contributed by atoms with E-state index in [1.807, 2.05) is 12.1 Å². The molecular formula is C20H15Cl2N3O3S. The SMILES string of the molecule is CC(Sc1nc(-c2ccco2)c(-c2ccco2)[nH]1)C(=O)Nc1cc(Cl)ccc1Cl. The van der Waals surface area contributed by atoms with E-state index in [2.05, 4.69) is 15.3 Å². The Balaban J connectivity index is 1.55. The molecule has 0 bridgehead atoms. The number of amides is 1. The van der Waals surface area contributed by atoms with Gasteiger partial charge in [-0.3, -0.25) is 4.79 Å². The maximum absolute atomic E-state index is 12.6. The average Bonchev–Trinajstić information content (AvgIpc) is 3.45. The molecule has 0 spiro atoms. The predicted octanol–water partition coefficient (Wildman–Crippen LogP) is 6.36. The van der Waals surface area contributed by atoms with Crippen LogP contribution in [-0.4, -0.2) is 21.1 Å². The number of aromatic amines is 1. The van der Waals surface area contributed by atoms with Gasteiger partial charge in [-0.05, 0) is 49.4 Å². The standard InChI is InChI=1S/C20H15Cl2N3O3S/c1-11(19(26)23-14-10-12(21)6-7-13(14)22)29-20-24-17(15-4-2-8-27-15)18(25-20)16-5-3-9-28-16/h2-11H,1H3,(H,23,26)(H,24,25). The van der Waals surface area contributed by atoms with Crippen LogP contribution in [0.3, 0.4) is 0 Å². The van der Waals surface area contributed by atoms with Crippen molar-refractivity contribution in [1.29, 1.82) is 0 Å². The van der Waals surface area contributed by atoms with Gasteiger partial charge in [0.05, 0.1) is 28.5 Å². The fourth-order valence-electron chi connectivity index (χ4n) is 2.65. The Morgan fingerprint density at radius 2 is 1.86 bits per heavy atom. The van der Waals surface area contributed by atoms with Crippen molar-refractivity contribution in [1.82, 2.24) is 9.97 Å². The quantitative estimate of drug-likeness (QED) is 0.336. The van der Waals surface area contributed by atoms with E-state index >= 15 is 0 Å². The summed E-state index contributed by atoms with van der Waals surface area (Å²) in [6.07, 6.45) is 3.16. The smallest absolute Gasteiger partial charge is 0.237 e. The Kier molecular flexibility index (Phi) is 5.71. The Morgan fingerprint density at radius 3 is 2.55 bits per heavy atom. The lowest BCUT2D eigenvalue weighted by Gasteiger charge is -2.12. The van der Waals surface area contributed by atoms with Gasteiger partial charge in [-0.2, -0.15) is 0 Å². The minimum Gasteiger partial charge on any atom is -0.463 e. The number of carbonyl (C=O) groups excluding carboxylic acids is 1. The Labute approximate surface area is 180 Å². The number of anilines is 1. The van der Waals surface area contributed by atoms with Crippen molar-refractivity contribution in [2.24, 2.45) is 0 Å². The van der Waals surface area contributed by atoms with E-state index in [0.29, 0.717) is 43.8 Å². The third-order valence-corrected chi connectivity index (χ3v) is 5.60. The number of hydrogen-bond donors (Lipinski definition) is 2. The molecule has 0 fully saturated rings. The zero-order valence-electron chi connectivity index (χ0n) is 15.1. The third kappa shape index (κ3) is 4.37. The number of halogens is 2. The van der Waals surface area contributed by atoms with Crippen LogP contribution in [0.5, 0.6) is 0 Å². The van der Waals surface area contributed by atoms with Crippen molar-refractivity contribution < 1.29 is 13.6 Å². The molecule has 4 rings (SSSR count). The molecule has 0 saturated carbocycles. The number of H-pyrrole nitrogens is 1. The number of nitrogens with zero attached hydrogens (tertiary/aromatic N) is 1. The van der Waals surface area contributed by atoms with E-state index in [1.54, 1.807) is 49.8 Å². The largest absolute Gasteiger partial charge is 0.463 e. The lowest BCUT2D eigenvalue weighted by Crippen LogP contribution is -2.22. The average molecular weight is 448 g/mol. The van der Waals surface area contributed by atoms with E-state index in [4.69, 9.17) is 32.0 Å². The monoisotopic (exact) mass is 447 g/mol. The van der Waals surface area contributed by atoms with Crippen LogP contribution in [0.2, 0.25) is 10.0 Å². The second-order valence-electron chi connectivity index (χ2n) is 6.09. The Hall–Kier alpha value is -2.61. The van der Waals surface area contributed by atoms with Crippen LogP contribution in [0.1, 0.15) is 6.92 Å². The Morgan fingerprint density at radius 1 is 1.14 bits per heavy atom. The highest BCUT2D eigenvalue weighted by atomic mass is 35.5. The first-order valence-electron chi connectivity index (χ1n) is 8.61. The zero-order valence-corrected chi connectivity index (χ0v) is 17.4. The van der Waals surface area contributed by atoms with Crippen molar-refractivity contribution in [2.75, 3.05) is 5.32 Å². The van der Waals surface area contributed by atoms with E-state index in [-0.39, 0.29) is 5.91 Å². The zero-order chi connectivity index (χ0) is 20.4. The molecule has 0 aliphatic carbocycles. The fraction of sp³-hybridized carbons (Fsp3) is 0.100. The molecule has 1 amide bonds. The van der Waals surface area contributed by atoms with Gasteiger partial charge in [0.1, 0.15) is 11.4 Å². The van der Waals surface area contributed by atoms with Gasteiger partial charge in [0.25, 0.3) is 0 Å². The molecule has 0 aliphatic rings. The van der Waals surface area contributed by atoms with Crippen LogP contribution in [0.15, 0.2) is 69.0 Å². The van der Waals surface area contributed by atoms with Gasteiger partial charge in [-0.1, -0.05) is 35.0 Å². The Bertz CT molecular complexity index is 1070. The van der Waals surface area contributed by atoms with Crippen molar-refractivity contribution in [3.8, 4) is 22.9 Å². The number of furan rings is 2. The summed E-state index contributed by atoms with van der Waals surface area (Å²) in [5.74, 6) is 0.996. The van der Waals surface area contributed by atoms with Crippen LogP contribution in [0, 0.1) is 0 Å². The summed E-state index contributed by atoms with van der Waals surface area (Å²) in [7, 11) is 0. The molecule has 9 heteroatoms. The summed E-state index contributed by atoms with van der Waals surface area (Å²) < 4.78 is 11.0. The number of thioether (sulfide) groups is 1. The maximum Gasteiger partial charge on any atom is 0.237 e. The third-order valence-electron chi connectivity index (χ3n) is 4.05. The minimum absolute atomic E-state index is 0.227. The lowest BCUT2D eigenvalue weighted by molar-refractivity contribution is -0.115. The van der Waals surface area contributed by atoms with Gasteiger partial charge in [0, 0.05) is 5.02 Å². The minimum atomic E-state index is -0.454. The van der Waals surface area contributed by atoms with Crippen molar-refractivity contribution in [3.05, 3.63) is 65.0 Å². The summed E-state index contributed by atoms with van der Waals surface area (Å²) in [6, 6.07) is 12.1. The molecule has 2 N–H and O–H groups in total. The second kappa shape index (κ2) is 8.41. The van der Waals surface area contributed by atoms with E-state index in [9.17, 15) is 4.79 Å². The molecule has 148 valence electrons. The maximum atomic E-state index is 12.6. The van der Waals surface area contributed by atoms with Gasteiger partial charge in [-0.15, -0.1) is 0 Å². The molecule has 1 atom stereocenters. The van der Waals surface area contributed by atoms with Crippen LogP contribution in [0.4, 0.5) is 5.69 Å². The van der Waals surface area contributed by atoms with Gasteiger partial charge in [0.15, 0.2) is 16.7 Å². The second-order valence-corrected chi connectivity index (χ2v) is 8.27. The van der Waals surface area contributed by atoms with E-state index in [1.165, 1.54) is 11.8 Å². The van der Waals surface area contributed by atoms with Crippen LogP contribution in [0.25, 0.3) is 22.9 Å². The first-order valence-corrected chi connectivity index (χ1v) is 10.2. The van der Waals surface area contributed by atoms with Crippen LogP contribution in [-0.2, 0) is 4.79 Å². The van der Waals surface area contributed by atoms with Gasteiger partial charge >= 0.3 is 0 Å². The molecule has 1 aromatic carbocycles. The summed E-state index contributed by atoms with van der Waals surface area (Å²) in [6.45, 7) is 1.78. The normalized spacial score (nSPS) is 12.1. The lowest BCUT2D eigenvalue weighted by atomic mass is 10.2. The number of aromatic nitrogens is 2. The summed E-state index contributed by atoms with van der Waals surface area (Å²) >= 11 is 13.4. The molecular weight excluding hydrogens is 433 g/mol. The number of nitrogens with one attached hydrogen (secondary N) is 2. The highest BCUT2D eigenvalue weighted by molar-refractivity contribution is 8.00. The molecule has 3 aromatic heterocycles. The topological polar surface area (TPSA) is 84.1 Å². The van der Waals surface area contributed by atoms with Crippen LogP contribution >= 0.6 is 35.0 Å². The summed E-state index contributed by atoms with van der Waals surface area (Å²) in [5.41, 5.74) is 1.75.